The van der Waals surface area contributed by atoms with E-state index in [4.69, 9.17) is 5.11 Å². The van der Waals surface area contributed by atoms with E-state index in [9.17, 15) is 4.79 Å². The minimum atomic E-state index is -0.700. The number of carboxylic acids is 1. The van der Waals surface area contributed by atoms with E-state index in [-0.39, 0.29) is 10.9 Å². The molecule has 15 heavy (non-hydrogen) atoms. The van der Waals surface area contributed by atoms with Gasteiger partial charge in [-0.2, -0.15) is 0 Å². The first-order valence-electron chi connectivity index (χ1n) is 5.44. The zero-order valence-corrected chi connectivity index (χ0v) is 9.85. The zero-order valence-electron chi connectivity index (χ0n) is 9.03. The first-order chi connectivity index (χ1) is 7.11. The molecule has 2 aliphatic rings. The van der Waals surface area contributed by atoms with Gasteiger partial charge in [-0.3, -0.25) is 10.1 Å². The van der Waals surface area contributed by atoms with Gasteiger partial charge in [0.05, 0.1) is 4.87 Å². The topological polar surface area (TPSA) is 52.6 Å². The Labute approximate surface area is 94.4 Å². The van der Waals surface area contributed by atoms with Gasteiger partial charge in [-0.1, -0.05) is 0 Å². The summed E-state index contributed by atoms with van der Waals surface area (Å²) in [4.78, 5) is 13.3. The first kappa shape index (κ1) is 11.2. The third-order valence-electron chi connectivity index (χ3n) is 3.31. The van der Waals surface area contributed by atoms with E-state index < -0.39 is 5.97 Å². The van der Waals surface area contributed by atoms with Crippen molar-refractivity contribution in [2.45, 2.75) is 30.2 Å². The van der Waals surface area contributed by atoms with Gasteiger partial charge < -0.3 is 10.0 Å². The van der Waals surface area contributed by atoms with Crippen molar-refractivity contribution in [3.8, 4) is 0 Å². The van der Waals surface area contributed by atoms with Crippen molar-refractivity contribution in [1.29, 1.82) is 0 Å². The molecule has 1 spiro atoms. The molecule has 0 aliphatic carbocycles. The number of thioether (sulfide) groups is 1. The highest BCUT2D eigenvalue weighted by atomic mass is 32.2. The summed E-state index contributed by atoms with van der Waals surface area (Å²) in [5.41, 5.74) is 0. The zero-order chi connectivity index (χ0) is 10.9. The fourth-order valence-corrected chi connectivity index (χ4v) is 3.70. The van der Waals surface area contributed by atoms with Crippen LogP contribution in [0.25, 0.3) is 0 Å². The lowest BCUT2D eigenvalue weighted by atomic mass is 10.0. The van der Waals surface area contributed by atoms with Crippen molar-refractivity contribution in [3.05, 3.63) is 0 Å². The van der Waals surface area contributed by atoms with Crippen LogP contribution in [-0.2, 0) is 4.79 Å². The molecular formula is C10H18N2O2S. The maximum absolute atomic E-state index is 11.0. The number of piperidine rings is 1. The van der Waals surface area contributed by atoms with E-state index in [0.29, 0.717) is 0 Å². The van der Waals surface area contributed by atoms with Crippen LogP contribution in [0.3, 0.4) is 0 Å². The smallest absolute Gasteiger partial charge is 0.320 e. The molecule has 2 N–H and O–H groups in total. The predicted molar refractivity (Wildman–Crippen MR) is 61.1 cm³/mol. The molecule has 2 aliphatic heterocycles. The van der Waals surface area contributed by atoms with E-state index in [0.717, 1.165) is 38.1 Å². The quantitative estimate of drug-likeness (QED) is 0.690. The van der Waals surface area contributed by atoms with Crippen molar-refractivity contribution in [2.24, 2.45) is 0 Å². The van der Waals surface area contributed by atoms with Gasteiger partial charge in [0, 0.05) is 13.1 Å². The summed E-state index contributed by atoms with van der Waals surface area (Å²) in [7, 11) is 2.12. The Balaban J connectivity index is 1.99. The number of hydrogen-bond donors (Lipinski definition) is 2. The monoisotopic (exact) mass is 230 g/mol. The number of nitrogens with zero attached hydrogens (tertiary/aromatic N) is 1. The summed E-state index contributed by atoms with van der Waals surface area (Å²) in [5, 5.41) is 12.3. The summed E-state index contributed by atoms with van der Waals surface area (Å²) in [5.74, 6) is 0.266. The lowest BCUT2D eigenvalue weighted by Crippen LogP contribution is -2.58. The molecule has 86 valence electrons. The van der Waals surface area contributed by atoms with Crippen LogP contribution in [0.1, 0.15) is 19.3 Å². The Bertz CT molecular complexity index is 252. The van der Waals surface area contributed by atoms with Crippen LogP contribution in [0.4, 0.5) is 0 Å². The van der Waals surface area contributed by atoms with Crippen LogP contribution in [0, 0.1) is 0 Å². The standard InChI is InChI=1S/C10H18N2O2S/c1-12-5-3-10(4-6-12)11-8(9(13)14)2-7-15-10/h8,11H,2-7H2,1H3,(H,13,14). The number of carboxylic acid groups (broad SMARTS) is 1. The Hall–Kier alpha value is -0.260. The number of aliphatic carboxylic acids is 1. The predicted octanol–water partition coefficient (Wildman–Crippen LogP) is 0.588. The van der Waals surface area contributed by atoms with Gasteiger partial charge in [0.25, 0.3) is 0 Å². The van der Waals surface area contributed by atoms with Gasteiger partial charge in [0.15, 0.2) is 0 Å². The largest absolute Gasteiger partial charge is 0.480 e. The van der Waals surface area contributed by atoms with E-state index in [1.165, 1.54) is 0 Å². The molecule has 1 unspecified atom stereocenters. The summed E-state index contributed by atoms with van der Waals surface area (Å²) >= 11 is 1.91. The van der Waals surface area contributed by atoms with E-state index in [1.807, 2.05) is 11.8 Å². The van der Waals surface area contributed by atoms with Crippen molar-refractivity contribution < 1.29 is 9.90 Å². The molecule has 1 atom stereocenters. The second kappa shape index (κ2) is 4.31. The normalized spacial score (nSPS) is 31.7. The molecular weight excluding hydrogens is 212 g/mol. The van der Waals surface area contributed by atoms with Gasteiger partial charge in [-0.15, -0.1) is 11.8 Å². The Morgan fingerprint density at radius 3 is 2.80 bits per heavy atom. The summed E-state index contributed by atoms with van der Waals surface area (Å²) in [6.07, 6.45) is 2.85. The molecule has 2 rings (SSSR count). The average molecular weight is 230 g/mol. The number of carbonyl (C=O) groups is 1. The lowest BCUT2D eigenvalue weighted by molar-refractivity contribution is -0.140. The second-order valence-corrected chi connectivity index (χ2v) is 5.95. The van der Waals surface area contributed by atoms with Crippen LogP contribution < -0.4 is 5.32 Å². The lowest BCUT2D eigenvalue weighted by Gasteiger charge is -2.45. The molecule has 2 heterocycles. The minimum Gasteiger partial charge on any atom is -0.480 e. The molecule has 4 nitrogen and oxygen atoms in total. The summed E-state index contributed by atoms with van der Waals surface area (Å²) in [6, 6.07) is -0.338. The minimum absolute atomic E-state index is 0.0355. The molecule has 0 saturated carbocycles. The molecule has 0 amide bonds. The van der Waals surface area contributed by atoms with E-state index in [2.05, 4.69) is 17.3 Å². The number of nitrogens with one attached hydrogen (secondary N) is 1. The Morgan fingerprint density at radius 2 is 2.20 bits per heavy atom. The fourth-order valence-electron chi connectivity index (χ4n) is 2.26. The van der Waals surface area contributed by atoms with Gasteiger partial charge in [0.2, 0.25) is 0 Å². The molecule has 0 radical (unpaired) electrons. The average Bonchev–Trinajstić information content (AvgIpc) is 2.23. The van der Waals surface area contributed by atoms with Gasteiger partial charge >= 0.3 is 5.97 Å². The molecule has 0 aromatic heterocycles. The van der Waals surface area contributed by atoms with E-state index in [1.54, 1.807) is 0 Å². The second-order valence-electron chi connectivity index (χ2n) is 4.47. The maximum atomic E-state index is 11.0. The maximum Gasteiger partial charge on any atom is 0.320 e. The van der Waals surface area contributed by atoms with E-state index >= 15 is 0 Å². The first-order valence-corrected chi connectivity index (χ1v) is 6.43. The molecule has 0 aromatic carbocycles. The number of likely N-dealkylation sites (tertiary alicyclic amines) is 1. The number of hydrogen-bond acceptors (Lipinski definition) is 4. The fraction of sp³-hybridized carbons (Fsp3) is 0.900. The Kier molecular flexibility index (Phi) is 3.23. The Morgan fingerprint density at radius 1 is 1.53 bits per heavy atom. The summed E-state index contributed by atoms with van der Waals surface area (Å²) < 4.78 is 0. The summed E-state index contributed by atoms with van der Waals surface area (Å²) in [6.45, 7) is 2.12. The molecule has 2 fully saturated rings. The highest BCUT2D eigenvalue weighted by Crippen LogP contribution is 2.37. The third-order valence-corrected chi connectivity index (χ3v) is 4.83. The molecule has 2 saturated heterocycles. The van der Waals surface area contributed by atoms with Crippen LogP contribution in [0.15, 0.2) is 0 Å². The van der Waals surface area contributed by atoms with Gasteiger partial charge in [-0.05, 0) is 32.1 Å². The van der Waals surface area contributed by atoms with Crippen LogP contribution in [0.2, 0.25) is 0 Å². The van der Waals surface area contributed by atoms with Crippen molar-refractivity contribution >= 4 is 17.7 Å². The third kappa shape index (κ3) is 2.46. The molecule has 0 bridgehead atoms. The van der Waals surface area contributed by atoms with Crippen molar-refractivity contribution in [2.75, 3.05) is 25.9 Å². The van der Waals surface area contributed by atoms with Crippen LogP contribution in [-0.4, -0.2) is 52.8 Å². The molecule has 0 aromatic rings. The van der Waals surface area contributed by atoms with Crippen molar-refractivity contribution in [3.63, 3.8) is 0 Å². The van der Waals surface area contributed by atoms with Gasteiger partial charge in [-0.25, -0.2) is 0 Å². The molecule has 5 heteroatoms. The van der Waals surface area contributed by atoms with Crippen LogP contribution in [0.5, 0.6) is 0 Å². The van der Waals surface area contributed by atoms with Crippen molar-refractivity contribution in [1.82, 2.24) is 10.2 Å². The number of rotatable bonds is 1. The van der Waals surface area contributed by atoms with Crippen LogP contribution >= 0.6 is 11.8 Å². The van der Waals surface area contributed by atoms with Gasteiger partial charge in [0.1, 0.15) is 6.04 Å². The highest BCUT2D eigenvalue weighted by Gasteiger charge is 2.40. The highest BCUT2D eigenvalue weighted by molar-refractivity contribution is 8.00. The SMILES string of the molecule is CN1CCC2(CC1)NC(C(=O)O)CCS2.